The molecular weight excluding hydrogens is 226 g/mol. The minimum atomic E-state index is -1.47. The van der Waals surface area contributed by atoms with Crippen molar-refractivity contribution in [3.8, 4) is 0 Å². The summed E-state index contributed by atoms with van der Waals surface area (Å²) in [4.78, 5) is 23.5. The van der Waals surface area contributed by atoms with Gasteiger partial charge in [0.05, 0.1) is 0 Å². The van der Waals surface area contributed by atoms with Crippen LogP contribution < -0.4 is 0 Å². The molecular formula is C11H19NO5. The van der Waals surface area contributed by atoms with E-state index in [2.05, 4.69) is 6.58 Å². The second kappa shape index (κ2) is 7.81. The number of aliphatic hydroxyl groups excluding tert-OH is 1. The Morgan fingerprint density at radius 2 is 2.00 bits per heavy atom. The van der Waals surface area contributed by atoms with Gasteiger partial charge in [0.25, 0.3) is 0 Å². The molecule has 0 aliphatic heterocycles. The molecule has 0 fully saturated rings. The van der Waals surface area contributed by atoms with Crippen LogP contribution in [0, 0.1) is 0 Å². The Morgan fingerprint density at radius 3 is 2.47 bits per heavy atom. The molecule has 0 aromatic rings. The van der Waals surface area contributed by atoms with Gasteiger partial charge >= 0.3 is 11.9 Å². The number of esters is 1. The van der Waals surface area contributed by atoms with E-state index in [-0.39, 0.29) is 25.0 Å². The van der Waals surface area contributed by atoms with Crippen molar-refractivity contribution in [2.24, 2.45) is 0 Å². The SMILES string of the molecule is C=C(CCC(O)C(=O)O)C(=O)OCCN(C)C. The summed E-state index contributed by atoms with van der Waals surface area (Å²) in [5.74, 6) is -1.86. The molecule has 0 spiro atoms. The van der Waals surface area contributed by atoms with E-state index in [1.54, 1.807) is 0 Å². The van der Waals surface area contributed by atoms with Crippen LogP contribution in [-0.2, 0) is 14.3 Å². The second-order valence-electron chi connectivity index (χ2n) is 3.94. The maximum absolute atomic E-state index is 11.3. The number of hydrogen-bond donors (Lipinski definition) is 2. The summed E-state index contributed by atoms with van der Waals surface area (Å²) in [6, 6.07) is 0. The summed E-state index contributed by atoms with van der Waals surface area (Å²) in [6.07, 6.45) is -1.41. The molecule has 0 amide bonds. The molecule has 0 saturated heterocycles. The number of likely N-dealkylation sites (N-methyl/N-ethyl adjacent to an activating group) is 1. The van der Waals surface area contributed by atoms with Crippen LogP contribution in [0.3, 0.4) is 0 Å². The number of nitrogens with zero attached hydrogens (tertiary/aromatic N) is 1. The van der Waals surface area contributed by atoms with Crippen LogP contribution in [0.25, 0.3) is 0 Å². The molecule has 6 nitrogen and oxygen atoms in total. The lowest BCUT2D eigenvalue weighted by Gasteiger charge is -2.11. The third-order valence-corrected chi connectivity index (χ3v) is 2.06. The molecule has 6 heteroatoms. The third kappa shape index (κ3) is 7.48. The van der Waals surface area contributed by atoms with Gasteiger partial charge in [-0.1, -0.05) is 6.58 Å². The van der Waals surface area contributed by atoms with Crippen LogP contribution in [0.2, 0.25) is 0 Å². The summed E-state index contributed by atoms with van der Waals surface area (Å²) >= 11 is 0. The van der Waals surface area contributed by atoms with Crippen LogP contribution in [0.1, 0.15) is 12.8 Å². The van der Waals surface area contributed by atoms with Crippen LogP contribution >= 0.6 is 0 Å². The van der Waals surface area contributed by atoms with E-state index in [9.17, 15) is 9.59 Å². The second-order valence-corrected chi connectivity index (χ2v) is 3.94. The number of carbonyl (C=O) groups is 2. The topological polar surface area (TPSA) is 87.1 Å². The molecule has 0 aromatic heterocycles. The first-order chi connectivity index (χ1) is 7.84. The van der Waals surface area contributed by atoms with Crippen molar-refractivity contribution in [2.75, 3.05) is 27.2 Å². The molecule has 0 radical (unpaired) electrons. The van der Waals surface area contributed by atoms with E-state index < -0.39 is 18.0 Å². The van der Waals surface area contributed by atoms with Gasteiger partial charge in [0.15, 0.2) is 6.10 Å². The average Bonchev–Trinajstić information content (AvgIpc) is 2.24. The summed E-state index contributed by atoms with van der Waals surface area (Å²) in [5.41, 5.74) is 0.170. The van der Waals surface area contributed by atoms with Crippen LogP contribution in [0.15, 0.2) is 12.2 Å². The van der Waals surface area contributed by atoms with Crippen molar-refractivity contribution < 1.29 is 24.5 Å². The monoisotopic (exact) mass is 245 g/mol. The fourth-order valence-corrected chi connectivity index (χ4v) is 0.959. The average molecular weight is 245 g/mol. The Bertz CT molecular complexity index is 288. The van der Waals surface area contributed by atoms with Gasteiger partial charge in [0.2, 0.25) is 0 Å². The fraction of sp³-hybridized carbons (Fsp3) is 0.636. The van der Waals surface area contributed by atoms with Gasteiger partial charge in [-0.05, 0) is 26.9 Å². The summed E-state index contributed by atoms with van der Waals surface area (Å²) in [5, 5.41) is 17.4. The zero-order valence-corrected chi connectivity index (χ0v) is 10.2. The molecule has 0 aliphatic carbocycles. The van der Waals surface area contributed by atoms with E-state index in [4.69, 9.17) is 14.9 Å². The van der Waals surface area contributed by atoms with Gasteiger partial charge in [-0.2, -0.15) is 0 Å². The van der Waals surface area contributed by atoms with Crippen LogP contribution in [0.4, 0.5) is 0 Å². The lowest BCUT2D eigenvalue weighted by atomic mass is 10.1. The molecule has 0 rings (SSSR count). The van der Waals surface area contributed by atoms with Crippen molar-refractivity contribution in [1.29, 1.82) is 0 Å². The lowest BCUT2D eigenvalue weighted by molar-refractivity contribution is -0.147. The van der Waals surface area contributed by atoms with Crippen molar-refractivity contribution in [3.63, 3.8) is 0 Å². The Labute approximate surface area is 100 Å². The molecule has 0 bridgehead atoms. The Hall–Kier alpha value is -1.40. The number of carboxylic acid groups (broad SMARTS) is 1. The first-order valence-electron chi connectivity index (χ1n) is 5.25. The van der Waals surface area contributed by atoms with Crippen molar-refractivity contribution >= 4 is 11.9 Å². The molecule has 1 unspecified atom stereocenters. The highest BCUT2D eigenvalue weighted by atomic mass is 16.5. The Morgan fingerprint density at radius 1 is 1.41 bits per heavy atom. The van der Waals surface area contributed by atoms with Gasteiger partial charge in [0, 0.05) is 12.1 Å². The highest BCUT2D eigenvalue weighted by molar-refractivity contribution is 5.87. The number of aliphatic carboxylic acids is 1. The van der Waals surface area contributed by atoms with Gasteiger partial charge in [-0.25, -0.2) is 9.59 Å². The predicted octanol–water partition coefficient (Wildman–Crippen LogP) is -0.127. The molecule has 2 N–H and O–H groups in total. The zero-order chi connectivity index (χ0) is 13.4. The van der Waals surface area contributed by atoms with E-state index in [0.717, 1.165) is 0 Å². The maximum Gasteiger partial charge on any atom is 0.333 e. The van der Waals surface area contributed by atoms with Crippen molar-refractivity contribution in [2.45, 2.75) is 18.9 Å². The summed E-state index contributed by atoms with van der Waals surface area (Å²) in [6.45, 7) is 4.36. The van der Waals surface area contributed by atoms with E-state index >= 15 is 0 Å². The molecule has 0 saturated carbocycles. The largest absolute Gasteiger partial charge is 0.479 e. The normalized spacial score (nSPS) is 12.2. The molecule has 98 valence electrons. The highest BCUT2D eigenvalue weighted by Crippen LogP contribution is 2.07. The fourth-order valence-electron chi connectivity index (χ4n) is 0.959. The number of carbonyl (C=O) groups excluding carboxylic acids is 1. The van der Waals surface area contributed by atoms with Crippen LogP contribution in [-0.4, -0.2) is 60.4 Å². The highest BCUT2D eigenvalue weighted by Gasteiger charge is 2.16. The number of rotatable bonds is 8. The molecule has 17 heavy (non-hydrogen) atoms. The number of ether oxygens (including phenoxy) is 1. The first-order valence-corrected chi connectivity index (χ1v) is 5.25. The molecule has 1 atom stereocenters. The Kier molecular flexibility index (Phi) is 7.16. The molecule has 0 aromatic carbocycles. The van der Waals surface area contributed by atoms with E-state index in [1.807, 2.05) is 19.0 Å². The zero-order valence-electron chi connectivity index (χ0n) is 10.2. The summed E-state index contributed by atoms with van der Waals surface area (Å²) < 4.78 is 4.90. The number of carboxylic acids is 1. The van der Waals surface area contributed by atoms with E-state index in [1.165, 1.54) is 0 Å². The van der Waals surface area contributed by atoms with Gasteiger partial charge in [-0.15, -0.1) is 0 Å². The van der Waals surface area contributed by atoms with E-state index in [0.29, 0.717) is 6.54 Å². The minimum Gasteiger partial charge on any atom is -0.479 e. The van der Waals surface area contributed by atoms with Crippen molar-refractivity contribution in [3.05, 3.63) is 12.2 Å². The third-order valence-electron chi connectivity index (χ3n) is 2.06. The standard InChI is InChI=1S/C11H19NO5/c1-8(4-5-9(13)10(14)15)11(16)17-7-6-12(2)3/h9,13H,1,4-7H2,2-3H3,(H,14,15). The lowest BCUT2D eigenvalue weighted by Crippen LogP contribution is -2.22. The van der Waals surface area contributed by atoms with Crippen molar-refractivity contribution in [1.82, 2.24) is 4.90 Å². The smallest absolute Gasteiger partial charge is 0.333 e. The minimum absolute atomic E-state index is 0.0447. The van der Waals surface area contributed by atoms with Crippen LogP contribution in [0.5, 0.6) is 0 Å². The quantitative estimate of drug-likeness (QED) is 0.457. The first kappa shape index (κ1) is 15.6. The molecule has 0 aliphatic rings. The number of hydrogen-bond acceptors (Lipinski definition) is 5. The van der Waals surface area contributed by atoms with Gasteiger partial charge < -0.3 is 19.8 Å². The Balaban J connectivity index is 3.82. The van der Waals surface area contributed by atoms with Gasteiger partial charge in [-0.3, -0.25) is 0 Å². The maximum atomic E-state index is 11.3. The molecule has 0 heterocycles. The summed E-state index contributed by atoms with van der Waals surface area (Å²) in [7, 11) is 3.71. The van der Waals surface area contributed by atoms with Gasteiger partial charge in [0.1, 0.15) is 6.61 Å². The number of aliphatic hydroxyl groups is 1. The predicted molar refractivity (Wildman–Crippen MR) is 61.5 cm³/mol.